The summed E-state index contributed by atoms with van der Waals surface area (Å²) in [5.41, 5.74) is 0.324. The van der Waals surface area contributed by atoms with Crippen LogP contribution in [-0.4, -0.2) is 36.0 Å². The van der Waals surface area contributed by atoms with Crippen LogP contribution in [0.3, 0.4) is 0 Å². The van der Waals surface area contributed by atoms with Crippen molar-refractivity contribution in [2.45, 2.75) is 59.5 Å². The molecule has 0 aliphatic heterocycles. The number of carbonyl (C=O) groups excluding carboxylic acids is 2. The topological polar surface area (TPSA) is 46.6 Å². The minimum absolute atomic E-state index is 0.00800. The van der Waals surface area contributed by atoms with Crippen molar-refractivity contribution in [3.05, 3.63) is 12.7 Å². The summed E-state index contributed by atoms with van der Waals surface area (Å²) in [5.74, 6) is 0.247. The van der Waals surface area contributed by atoms with E-state index in [9.17, 15) is 9.59 Å². The van der Waals surface area contributed by atoms with Crippen molar-refractivity contribution in [3.63, 3.8) is 0 Å². The zero-order valence-corrected chi connectivity index (χ0v) is 13.9. The van der Waals surface area contributed by atoms with Gasteiger partial charge in [-0.05, 0) is 37.0 Å². The first-order valence-electron chi connectivity index (χ1n) is 7.80. The van der Waals surface area contributed by atoms with Gasteiger partial charge in [-0.15, -0.1) is 6.58 Å². The van der Waals surface area contributed by atoms with Gasteiger partial charge in [-0.2, -0.15) is 0 Å². The quantitative estimate of drug-likeness (QED) is 0.578. The van der Waals surface area contributed by atoms with E-state index in [0.717, 1.165) is 25.7 Å². The van der Waals surface area contributed by atoms with Gasteiger partial charge in [0.05, 0.1) is 0 Å². The van der Waals surface area contributed by atoms with Gasteiger partial charge >= 0.3 is 5.97 Å². The van der Waals surface area contributed by atoms with Gasteiger partial charge in [0.1, 0.15) is 12.6 Å². The van der Waals surface area contributed by atoms with Crippen LogP contribution in [0.5, 0.6) is 0 Å². The molecule has 1 fully saturated rings. The highest BCUT2D eigenvalue weighted by Gasteiger charge is 2.31. The molecule has 0 N–H and O–H groups in total. The van der Waals surface area contributed by atoms with E-state index in [0.29, 0.717) is 17.9 Å². The highest BCUT2D eigenvalue weighted by Crippen LogP contribution is 2.38. The third-order valence-corrected chi connectivity index (χ3v) is 4.31. The predicted octanol–water partition coefficient (Wildman–Crippen LogP) is 3.17. The molecule has 0 radical (unpaired) electrons. The minimum atomic E-state index is -0.314. The van der Waals surface area contributed by atoms with Crippen LogP contribution in [0.2, 0.25) is 0 Å². The second-order valence-electron chi connectivity index (χ2n) is 7.02. The molecule has 4 heteroatoms. The Morgan fingerprint density at radius 3 is 2.24 bits per heavy atom. The second-order valence-corrected chi connectivity index (χ2v) is 7.02. The first-order chi connectivity index (χ1) is 9.74. The zero-order chi connectivity index (χ0) is 16.0. The Hall–Kier alpha value is -1.32. The fourth-order valence-electron chi connectivity index (χ4n) is 2.89. The number of hydrogen-bond acceptors (Lipinski definition) is 3. The fourth-order valence-corrected chi connectivity index (χ4v) is 2.89. The molecule has 1 aliphatic rings. The van der Waals surface area contributed by atoms with E-state index < -0.39 is 0 Å². The van der Waals surface area contributed by atoms with Crippen LogP contribution in [0.1, 0.15) is 53.4 Å². The Labute approximate surface area is 128 Å². The van der Waals surface area contributed by atoms with Gasteiger partial charge in [0, 0.05) is 13.5 Å². The zero-order valence-electron chi connectivity index (χ0n) is 13.9. The Morgan fingerprint density at radius 2 is 1.81 bits per heavy atom. The molecule has 0 saturated heterocycles. The Kier molecular flexibility index (Phi) is 6.43. The lowest BCUT2D eigenvalue weighted by Crippen LogP contribution is -2.37. The monoisotopic (exact) mass is 295 g/mol. The van der Waals surface area contributed by atoms with Gasteiger partial charge in [-0.3, -0.25) is 9.59 Å². The molecule has 21 heavy (non-hydrogen) atoms. The van der Waals surface area contributed by atoms with Crippen LogP contribution in [0.25, 0.3) is 0 Å². The van der Waals surface area contributed by atoms with Crippen molar-refractivity contribution in [1.29, 1.82) is 0 Å². The van der Waals surface area contributed by atoms with Gasteiger partial charge in [0.15, 0.2) is 0 Å². The molecule has 1 saturated carbocycles. The van der Waals surface area contributed by atoms with Gasteiger partial charge in [-0.1, -0.05) is 26.8 Å². The predicted molar refractivity (Wildman–Crippen MR) is 83.7 cm³/mol. The van der Waals surface area contributed by atoms with Crippen LogP contribution >= 0.6 is 0 Å². The minimum Gasteiger partial charge on any atom is -0.461 e. The maximum absolute atomic E-state index is 11.9. The SMILES string of the molecule is C=CCN(CC(=O)OC1CCC(C(C)(C)C)CC1)C(C)=O. The normalized spacial score (nSPS) is 22.5. The lowest BCUT2D eigenvalue weighted by Gasteiger charge is -2.36. The summed E-state index contributed by atoms with van der Waals surface area (Å²) in [7, 11) is 0. The number of ether oxygens (including phenoxy) is 1. The lowest BCUT2D eigenvalue weighted by atomic mass is 9.72. The summed E-state index contributed by atoms with van der Waals surface area (Å²) in [4.78, 5) is 24.8. The number of hydrogen-bond donors (Lipinski definition) is 0. The largest absolute Gasteiger partial charge is 0.461 e. The number of esters is 1. The van der Waals surface area contributed by atoms with Crippen molar-refractivity contribution in [3.8, 4) is 0 Å². The smallest absolute Gasteiger partial charge is 0.325 e. The molecule has 0 aromatic carbocycles. The Morgan fingerprint density at radius 1 is 1.24 bits per heavy atom. The lowest BCUT2D eigenvalue weighted by molar-refractivity contribution is -0.155. The van der Waals surface area contributed by atoms with Crippen molar-refractivity contribution < 1.29 is 14.3 Å². The molecule has 120 valence electrons. The number of carbonyl (C=O) groups is 2. The summed E-state index contributed by atoms with van der Waals surface area (Å²) in [6.45, 7) is 12.2. The van der Waals surface area contributed by atoms with Crippen molar-refractivity contribution in [2.24, 2.45) is 11.3 Å². The van der Waals surface area contributed by atoms with Crippen LogP contribution in [0.15, 0.2) is 12.7 Å². The average Bonchev–Trinajstić information content (AvgIpc) is 2.37. The molecule has 0 aromatic heterocycles. The van der Waals surface area contributed by atoms with Crippen LogP contribution < -0.4 is 0 Å². The summed E-state index contributed by atoms with van der Waals surface area (Å²) in [5, 5.41) is 0. The number of nitrogens with zero attached hydrogens (tertiary/aromatic N) is 1. The molecule has 0 atom stereocenters. The summed E-state index contributed by atoms with van der Waals surface area (Å²) < 4.78 is 5.51. The highest BCUT2D eigenvalue weighted by atomic mass is 16.5. The van der Waals surface area contributed by atoms with Crippen molar-refractivity contribution >= 4 is 11.9 Å². The molecule has 1 amide bonds. The van der Waals surface area contributed by atoms with Crippen molar-refractivity contribution in [1.82, 2.24) is 4.90 Å². The fraction of sp³-hybridized carbons (Fsp3) is 0.765. The van der Waals surface area contributed by atoms with Gasteiger partial charge in [-0.25, -0.2) is 0 Å². The standard InChI is InChI=1S/C17H29NO3/c1-6-11-18(13(2)19)12-16(20)21-15-9-7-14(8-10-15)17(3,4)5/h6,14-15H,1,7-12H2,2-5H3. The van der Waals surface area contributed by atoms with Crippen LogP contribution in [0, 0.1) is 11.3 Å². The second kappa shape index (κ2) is 7.62. The van der Waals surface area contributed by atoms with Gasteiger partial charge in [0.25, 0.3) is 0 Å². The molecule has 1 aliphatic carbocycles. The maximum atomic E-state index is 11.9. The average molecular weight is 295 g/mol. The first-order valence-corrected chi connectivity index (χ1v) is 7.80. The molecule has 0 unspecified atom stereocenters. The molecule has 0 heterocycles. The third-order valence-electron chi connectivity index (χ3n) is 4.31. The van der Waals surface area contributed by atoms with Crippen LogP contribution in [0.4, 0.5) is 0 Å². The maximum Gasteiger partial charge on any atom is 0.325 e. The molecular weight excluding hydrogens is 266 g/mol. The van der Waals surface area contributed by atoms with E-state index in [-0.39, 0.29) is 24.5 Å². The van der Waals surface area contributed by atoms with E-state index in [1.54, 1.807) is 6.08 Å². The Balaban J connectivity index is 2.39. The van der Waals surface area contributed by atoms with Gasteiger partial charge in [0.2, 0.25) is 5.91 Å². The number of amides is 1. The first kappa shape index (κ1) is 17.7. The van der Waals surface area contributed by atoms with E-state index in [2.05, 4.69) is 27.4 Å². The molecular formula is C17H29NO3. The summed E-state index contributed by atoms with van der Waals surface area (Å²) in [6, 6.07) is 0. The molecule has 0 spiro atoms. The highest BCUT2D eigenvalue weighted by molar-refractivity contribution is 5.80. The van der Waals surface area contributed by atoms with E-state index in [4.69, 9.17) is 4.74 Å². The van der Waals surface area contributed by atoms with E-state index in [1.165, 1.54) is 11.8 Å². The number of rotatable bonds is 5. The third kappa shape index (κ3) is 5.90. The molecule has 1 rings (SSSR count). The van der Waals surface area contributed by atoms with Crippen LogP contribution in [-0.2, 0) is 14.3 Å². The Bertz CT molecular complexity index is 376. The van der Waals surface area contributed by atoms with Crippen molar-refractivity contribution in [2.75, 3.05) is 13.1 Å². The summed E-state index contributed by atoms with van der Waals surface area (Å²) >= 11 is 0. The van der Waals surface area contributed by atoms with E-state index >= 15 is 0 Å². The molecule has 0 bridgehead atoms. The molecule has 0 aromatic rings. The summed E-state index contributed by atoms with van der Waals surface area (Å²) in [6.07, 6.45) is 5.68. The molecule has 4 nitrogen and oxygen atoms in total. The van der Waals surface area contributed by atoms with E-state index in [1.807, 2.05) is 0 Å². The van der Waals surface area contributed by atoms with Gasteiger partial charge < -0.3 is 9.64 Å².